The van der Waals surface area contributed by atoms with Crippen LogP contribution in [0.15, 0.2) is 24.5 Å². The zero-order chi connectivity index (χ0) is 26.3. The number of fused-ring (bicyclic) bond motifs is 3. The molecule has 0 spiro atoms. The first-order valence-corrected chi connectivity index (χ1v) is 12.9. The third-order valence-electron chi connectivity index (χ3n) is 5.89. The number of aliphatic hydroxyl groups is 1. The van der Waals surface area contributed by atoms with Gasteiger partial charge in [0.1, 0.15) is 17.6 Å². The number of hydrogen-bond donors (Lipinski definition) is 2. The second-order valence-corrected chi connectivity index (χ2v) is 10.7. The highest BCUT2D eigenvalue weighted by molar-refractivity contribution is 7.89. The van der Waals surface area contributed by atoms with Crippen LogP contribution in [0.25, 0.3) is 11.5 Å². The van der Waals surface area contributed by atoms with Crippen molar-refractivity contribution in [2.75, 3.05) is 20.3 Å². The number of primary sulfonamides is 1. The van der Waals surface area contributed by atoms with Gasteiger partial charge in [0.2, 0.25) is 21.5 Å². The van der Waals surface area contributed by atoms with Gasteiger partial charge in [0.25, 0.3) is 0 Å². The second-order valence-electron chi connectivity index (χ2n) is 8.78. The normalized spacial score (nSPS) is 17.9. The minimum absolute atomic E-state index is 0.0197. The highest BCUT2D eigenvalue weighted by Crippen LogP contribution is 2.42. The SMILES string of the molecule is COc1ccc2c(n1)-c1nnc(C(OC(C)C)(c3ncc(C)cn3)C(C)S(N)(=O)=O)n1[C@@H](CO)CO2. The first kappa shape index (κ1) is 25.9. The van der Waals surface area contributed by atoms with Crippen molar-refractivity contribution in [3.8, 4) is 23.1 Å². The standard InChI is InChI=1S/C22H29N7O6S/c1-12(2)35-22(14(4)36(23,31)32,20-24-8-13(3)9-25-20)21-28-27-19-18-16(6-7-17(26-18)33-5)34-11-15(10-30)29(19)21/h6-9,12,14-15,30H,10-11H2,1-5H3,(H2,23,31,32)/t14?,15-,22?/m0/s1. The van der Waals surface area contributed by atoms with E-state index in [9.17, 15) is 13.5 Å². The number of aliphatic hydroxyl groups excluding tert-OH is 1. The summed E-state index contributed by atoms with van der Waals surface area (Å²) in [5.74, 6) is 0.991. The van der Waals surface area contributed by atoms with Gasteiger partial charge in [-0.2, -0.15) is 0 Å². The molecule has 3 aromatic rings. The molecule has 3 aromatic heterocycles. The molecule has 0 saturated carbocycles. The number of hydrogen-bond acceptors (Lipinski definition) is 11. The molecule has 4 heterocycles. The Balaban J connectivity index is 2.10. The molecule has 0 amide bonds. The van der Waals surface area contributed by atoms with Crippen molar-refractivity contribution < 1.29 is 27.7 Å². The number of pyridine rings is 1. The van der Waals surface area contributed by atoms with Gasteiger partial charge in [-0.3, -0.25) is 4.57 Å². The van der Waals surface area contributed by atoms with Gasteiger partial charge in [0.15, 0.2) is 23.2 Å². The van der Waals surface area contributed by atoms with Crippen molar-refractivity contribution in [3.05, 3.63) is 41.7 Å². The molecule has 4 rings (SSSR count). The Morgan fingerprint density at radius 2 is 1.94 bits per heavy atom. The average Bonchev–Trinajstić information content (AvgIpc) is 3.21. The van der Waals surface area contributed by atoms with Crippen LogP contribution in [0, 0.1) is 6.92 Å². The second kappa shape index (κ2) is 9.69. The maximum absolute atomic E-state index is 12.8. The molecule has 3 atom stereocenters. The molecule has 1 aliphatic rings. The van der Waals surface area contributed by atoms with Gasteiger partial charge in [-0.05, 0) is 39.3 Å². The molecule has 0 bridgehead atoms. The summed E-state index contributed by atoms with van der Waals surface area (Å²) in [4.78, 5) is 13.3. The third kappa shape index (κ3) is 4.40. The summed E-state index contributed by atoms with van der Waals surface area (Å²) in [6.07, 6.45) is 2.59. The Morgan fingerprint density at radius 1 is 1.25 bits per heavy atom. The zero-order valence-corrected chi connectivity index (χ0v) is 21.4. The molecule has 0 fully saturated rings. The molecule has 3 N–H and O–H groups in total. The number of rotatable bonds is 8. The summed E-state index contributed by atoms with van der Waals surface area (Å²) >= 11 is 0. The molecular formula is C22H29N7O6S. The van der Waals surface area contributed by atoms with E-state index in [0.717, 1.165) is 5.56 Å². The highest BCUT2D eigenvalue weighted by atomic mass is 32.2. The zero-order valence-electron chi connectivity index (χ0n) is 20.6. The van der Waals surface area contributed by atoms with Crippen LogP contribution in [0.5, 0.6) is 11.6 Å². The average molecular weight is 520 g/mol. The quantitative estimate of drug-likeness (QED) is 0.428. The summed E-state index contributed by atoms with van der Waals surface area (Å²) in [6, 6.07) is 2.58. The Labute approximate surface area is 208 Å². The van der Waals surface area contributed by atoms with E-state index in [1.54, 1.807) is 49.9 Å². The fraction of sp³-hybridized carbons (Fsp3) is 0.500. The van der Waals surface area contributed by atoms with Crippen molar-refractivity contribution in [1.29, 1.82) is 0 Å². The topological polar surface area (TPSA) is 177 Å². The molecule has 13 nitrogen and oxygen atoms in total. The van der Waals surface area contributed by atoms with Gasteiger partial charge in [0.05, 0.1) is 25.9 Å². The van der Waals surface area contributed by atoms with E-state index in [1.807, 2.05) is 0 Å². The molecule has 0 radical (unpaired) electrons. The maximum atomic E-state index is 12.8. The van der Waals surface area contributed by atoms with Crippen LogP contribution in [-0.4, -0.2) is 74.9 Å². The minimum atomic E-state index is -4.24. The van der Waals surface area contributed by atoms with Gasteiger partial charge in [-0.1, -0.05) is 0 Å². The summed E-state index contributed by atoms with van der Waals surface area (Å²) in [7, 11) is -2.76. The van der Waals surface area contributed by atoms with E-state index in [4.69, 9.17) is 19.3 Å². The van der Waals surface area contributed by atoms with Gasteiger partial charge < -0.3 is 19.3 Å². The lowest BCUT2D eigenvalue weighted by Crippen LogP contribution is -2.52. The van der Waals surface area contributed by atoms with Crippen molar-refractivity contribution in [1.82, 2.24) is 29.7 Å². The van der Waals surface area contributed by atoms with Crippen LogP contribution in [0.4, 0.5) is 0 Å². The smallest absolute Gasteiger partial charge is 0.215 e. The molecule has 36 heavy (non-hydrogen) atoms. The van der Waals surface area contributed by atoms with E-state index >= 15 is 0 Å². The van der Waals surface area contributed by atoms with Crippen molar-refractivity contribution >= 4 is 10.0 Å². The fourth-order valence-electron chi connectivity index (χ4n) is 4.12. The monoisotopic (exact) mass is 519 g/mol. The number of ether oxygens (including phenoxy) is 3. The molecule has 14 heteroatoms. The van der Waals surface area contributed by atoms with E-state index < -0.39 is 33.0 Å². The van der Waals surface area contributed by atoms with Crippen molar-refractivity contribution in [2.45, 2.75) is 50.7 Å². The molecule has 1 aliphatic heterocycles. The Bertz CT molecular complexity index is 1350. The van der Waals surface area contributed by atoms with E-state index in [2.05, 4.69) is 25.1 Å². The van der Waals surface area contributed by atoms with Gasteiger partial charge in [-0.25, -0.2) is 28.5 Å². The molecular weight excluding hydrogens is 490 g/mol. The van der Waals surface area contributed by atoms with Crippen LogP contribution in [0.1, 0.15) is 44.0 Å². The van der Waals surface area contributed by atoms with Gasteiger partial charge >= 0.3 is 0 Å². The lowest BCUT2D eigenvalue weighted by molar-refractivity contribution is -0.0714. The fourth-order valence-corrected chi connectivity index (χ4v) is 4.85. The molecule has 0 aliphatic carbocycles. The van der Waals surface area contributed by atoms with E-state index in [-0.39, 0.29) is 30.7 Å². The number of nitrogens with two attached hydrogens (primary N) is 1. The highest BCUT2D eigenvalue weighted by Gasteiger charge is 2.54. The number of methoxy groups -OCH3 is 1. The number of aryl methyl sites for hydroxylation is 1. The summed E-state index contributed by atoms with van der Waals surface area (Å²) < 4.78 is 44.8. The predicted octanol–water partition coefficient (Wildman–Crippen LogP) is 0.719. The molecule has 2 unspecified atom stereocenters. The van der Waals surface area contributed by atoms with Gasteiger partial charge in [0, 0.05) is 18.5 Å². The predicted molar refractivity (Wildman–Crippen MR) is 128 cm³/mol. The van der Waals surface area contributed by atoms with Crippen LogP contribution < -0.4 is 14.6 Å². The van der Waals surface area contributed by atoms with Crippen LogP contribution >= 0.6 is 0 Å². The summed E-state index contributed by atoms with van der Waals surface area (Å²) in [5, 5.41) is 23.3. The Morgan fingerprint density at radius 3 is 2.53 bits per heavy atom. The number of aromatic nitrogens is 6. The lowest BCUT2D eigenvalue weighted by atomic mass is 9.95. The van der Waals surface area contributed by atoms with Crippen molar-refractivity contribution in [2.24, 2.45) is 5.14 Å². The Hall–Kier alpha value is -3.20. The van der Waals surface area contributed by atoms with Crippen molar-refractivity contribution in [3.63, 3.8) is 0 Å². The molecule has 194 valence electrons. The minimum Gasteiger partial charge on any atom is -0.489 e. The van der Waals surface area contributed by atoms with E-state index in [1.165, 1.54) is 14.0 Å². The van der Waals surface area contributed by atoms with Crippen LogP contribution in [0.3, 0.4) is 0 Å². The molecule has 0 saturated heterocycles. The maximum Gasteiger partial charge on any atom is 0.215 e. The number of nitrogens with zero attached hydrogens (tertiary/aromatic N) is 6. The largest absolute Gasteiger partial charge is 0.489 e. The van der Waals surface area contributed by atoms with E-state index in [0.29, 0.717) is 17.3 Å². The van der Waals surface area contributed by atoms with Crippen LogP contribution in [0.2, 0.25) is 0 Å². The first-order chi connectivity index (χ1) is 17.0. The number of sulfonamides is 1. The lowest BCUT2D eigenvalue weighted by Gasteiger charge is -2.37. The molecule has 0 aromatic carbocycles. The summed E-state index contributed by atoms with van der Waals surface area (Å²) in [6.45, 7) is 6.33. The van der Waals surface area contributed by atoms with Crippen LogP contribution in [-0.2, 0) is 20.4 Å². The Kier molecular flexibility index (Phi) is 6.96. The van der Waals surface area contributed by atoms with Gasteiger partial charge in [-0.15, -0.1) is 10.2 Å². The summed E-state index contributed by atoms with van der Waals surface area (Å²) in [5.41, 5.74) is -0.833. The first-order valence-electron chi connectivity index (χ1n) is 11.3. The third-order valence-corrected chi connectivity index (χ3v) is 7.21.